The molecule has 0 radical (unpaired) electrons. The van der Waals surface area contributed by atoms with Crippen LogP contribution >= 0.6 is 0 Å². The van der Waals surface area contributed by atoms with Crippen molar-refractivity contribution < 1.29 is 9.53 Å². The van der Waals surface area contributed by atoms with E-state index >= 15 is 0 Å². The molecule has 6 nitrogen and oxygen atoms in total. The van der Waals surface area contributed by atoms with Crippen LogP contribution in [0, 0.1) is 6.92 Å². The fourth-order valence-electron chi connectivity index (χ4n) is 2.53. The average Bonchev–Trinajstić information content (AvgIpc) is 2.86. The van der Waals surface area contributed by atoms with Crippen LogP contribution in [0.2, 0.25) is 0 Å². The minimum absolute atomic E-state index is 0.194. The summed E-state index contributed by atoms with van der Waals surface area (Å²) in [7, 11) is 0. The van der Waals surface area contributed by atoms with E-state index in [-0.39, 0.29) is 12.1 Å². The molecule has 0 spiro atoms. The molecule has 6 heteroatoms. The lowest BCUT2D eigenvalue weighted by molar-refractivity contribution is 0.0943. The summed E-state index contributed by atoms with van der Waals surface area (Å²) < 4.78 is 5.02. The Morgan fingerprint density at radius 2 is 2.30 bits per heavy atom. The van der Waals surface area contributed by atoms with Gasteiger partial charge in [0.15, 0.2) is 0 Å². The van der Waals surface area contributed by atoms with Gasteiger partial charge in [0.05, 0.1) is 12.6 Å². The number of nitrogens with zero attached hydrogens (tertiary/aromatic N) is 2. The van der Waals surface area contributed by atoms with Gasteiger partial charge in [-0.25, -0.2) is 9.78 Å². The zero-order chi connectivity index (χ0) is 14.5. The zero-order valence-corrected chi connectivity index (χ0v) is 12.5. The second kappa shape index (κ2) is 6.74. The van der Waals surface area contributed by atoms with Crippen LogP contribution in [0.3, 0.4) is 0 Å². The molecule has 0 aliphatic carbocycles. The van der Waals surface area contributed by atoms with Crippen molar-refractivity contribution in [3.05, 3.63) is 17.7 Å². The van der Waals surface area contributed by atoms with Crippen LogP contribution in [-0.2, 0) is 4.74 Å². The molecular weight excluding hydrogens is 256 g/mol. The van der Waals surface area contributed by atoms with Crippen molar-refractivity contribution >= 4 is 6.09 Å². The van der Waals surface area contributed by atoms with Gasteiger partial charge < -0.3 is 19.9 Å². The molecule has 2 rings (SSSR count). The number of hydrogen-bond donors (Lipinski definition) is 2. The number of amides is 1. The summed E-state index contributed by atoms with van der Waals surface area (Å²) in [5.41, 5.74) is 1.07. The molecule has 0 bridgehead atoms. The highest BCUT2D eigenvalue weighted by Gasteiger charge is 2.24. The molecule has 1 amide bonds. The Hall–Kier alpha value is -1.56. The number of nitrogens with one attached hydrogen (secondary N) is 2. The number of rotatable bonds is 4. The van der Waals surface area contributed by atoms with Crippen LogP contribution in [0.5, 0.6) is 0 Å². The number of aryl methyl sites for hydroxylation is 1. The summed E-state index contributed by atoms with van der Waals surface area (Å²) in [6.07, 6.45) is 3.54. The first-order valence-corrected chi connectivity index (χ1v) is 7.29. The quantitative estimate of drug-likeness (QED) is 0.885. The van der Waals surface area contributed by atoms with Gasteiger partial charge in [-0.1, -0.05) is 0 Å². The number of carbonyl (C=O) groups excluding carboxylic acids is 1. The number of likely N-dealkylation sites (tertiary alicyclic amines) is 1. The van der Waals surface area contributed by atoms with E-state index < -0.39 is 0 Å². The number of ether oxygens (including phenoxy) is 1. The van der Waals surface area contributed by atoms with E-state index in [9.17, 15) is 4.79 Å². The number of aromatic amines is 1. The average molecular weight is 280 g/mol. The highest BCUT2D eigenvalue weighted by Crippen LogP contribution is 2.16. The predicted octanol–water partition coefficient (Wildman–Crippen LogP) is 1.99. The molecule has 1 saturated heterocycles. The van der Waals surface area contributed by atoms with E-state index in [4.69, 9.17) is 4.74 Å². The van der Waals surface area contributed by atoms with Gasteiger partial charge in [-0.3, -0.25) is 0 Å². The van der Waals surface area contributed by atoms with Gasteiger partial charge >= 0.3 is 6.09 Å². The molecule has 1 aliphatic heterocycles. The molecule has 1 unspecified atom stereocenters. The Balaban J connectivity index is 1.78. The summed E-state index contributed by atoms with van der Waals surface area (Å²) in [5, 5.41) is 3.57. The third-order valence-electron chi connectivity index (χ3n) is 3.64. The normalized spacial score (nSPS) is 18.1. The van der Waals surface area contributed by atoms with E-state index in [1.807, 2.05) is 20.0 Å². The van der Waals surface area contributed by atoms with E-state index in [2.05, 4.69) is 22.2 Å². The largest absolute Gasteiger partial charge is 0.450 e. The van der Waals surface area contributed by atoms with Crippen LogP contribution in [0.15, 0.2) is 6.20 Å². The lowest BCUT2D eigenvalue weighted by atomic mass is 10.0. The monoisotopic (exact) mass is 280 g/mol. The molecule has 20 heavy (non-hydrogen) atoms. The highest BCUT2D eigenvalue weighted by atomic mass is 16.6. The molecule has 1 aromatic heterocycles. The minimum Gasteiger partial charge on any atom is -0.450 e. The second-order valence-electron chi connectivity index (χ2n) is 5.30. The van der Waals surface area contributed by atoms with Crippen LogP contribution in [-0.4, -0.2) is 46.7 Å². The first kappa shape index (κ1) is 14.8. The Bertz CT molecular complexity index is 438. The molecule has 112 valence electrons. The lowest BCUT2D eigenvalue weighted by Gasteiger charge is -2.32. The molecular formula is C14H24N4O2. The first-order chi connectivity index (χ1) is 9.60. The van der Waals surface area contributed by atoms with Gasteiger partial charge in [-0.15, -0.1) is 0 Å². The van der Waals surface area contributed by atoms with E-state index in [0.29, 0.717) is 12.6 Å². The maximum atomic E-state index is 11.6. The minimum atomic E-state index is -0.194. The number of hydrogen-bond acceptors (Lipinski definition) is 4. The lowest BCUT2D eigenvalue weighted by Crippen LogP contribution is -2.45. The molecule has 1 aliphatic rings. The van der Waals surface area contributed by atoms with Gasteiger partial charge in [0, 0.05) is 31.0 Å². The van der Waals surface area contributed by atoms with Gasteiger partial charge in [-0.05, 0) is 33.6 Å². The van der Waals surface area contributed by atoms with E-state index in [1.54, 1.807) is 4.90 Å². The van der Waals surface area contributed by atoms with Crippen molar-refractivity contribution in [3.8, 4) is 0 Å². The van der Waals surface area contributed by atoms with E-state index in [1.165, 1.54) is 0 Å². The summed E-state index contributed by atoms with van der Waals surface area (Å²) in [6.45, 7) is 7.88. The highest BCUT2D eigenvalue weighted by molar-refractivity contribution is 5.67. The molecule has 2 N–H and O–H groups in total. The van der Waals surface area contributed by atoms with Gasteiger partial charge in [0.2, 0.25) is 0 Å². The molecule has 0 saturated carbocycles. The fraction of sp³-hybridized carbons (Fsp3) is 0.714. The maximum Gasteiger partial charge on any atom is 0.409 e. The van der Waals surface area contributed by atoms with Gasteiger partial charge in [0.1, 0.15) is 5.82 Å². The van der Waals surface area contributed by atoms with Crippen molar-refractivity contribution in [1.29, 1.82) is 0 Å². The molecule has 0 aromatic carbocycles. The molecule has 2 heterocycles. The Kier molecular flexibility index (Phi) is 5.00. The van der Waals surface area contributed by atoms with Crippen LogP contribution in [0.25, 0.3) is 0 Å². The number of aromatic nitrogens is 2. The van der Waals surface area contributed by atoms with Crippen molar-refractivity contribution in [2.24, 2.45) is 0 Å². The Morgan fingerprint density at radius 3 is 2.85 bits per heavy atom. The predicted molar refractivity (Wildman–Crippen MR) is 76.5 cm³/mol. The summed E-state index contributed by atoms with van der Waals surface area (Å²) >= 11 is 0. The summed E-state index contributed by atoms with van der Waals surface area (Å²) in [5.74, 6) is 0.968. The summed E-state index contributed by atoms with van der Waals surface area (Å²) in [4.78, 5) is 21.0. The first-order valence-electron chi connectivity index (χ1n) is 7.29. The van der Waals surface area contributed by atoms with Crippen LogP contribution in [0.1, 0.15) is 44.2 Å². The van der Waals surface area contributed by atoms with Crippen molar-refractivity contribution in [2.45, 2.75) is 45.7 Å². The third kappa shape index (κ3) is 3.72. The second-order valence-corrected chi connectivity index (χ2v) is 5.30. The maximum absolute atomic E-state index is 11.6. The van der Waals surface area contributed by atoms with Crippen LogP contribution in [0.4, 0.5) is 4.79 Å². The zero-order valence-electron chi connectivity index (χ0n) is 12.5. The number of H-pyrrole nitrogens is 1. The number of piperidine rings is 1. The third-order valence-corrected chi connectivity index (χ3v) is 3.64. The van der Waals surface area contributed by atoms with E-state index in [0.717, 1.165) is 37.4 Å². The molecule has 1 fully saturated rings. The number of carbonyl (C=O) groups is 1. The van der Waals surface area contributed by atoms with Crippen molar-refractivity contribution in [3.63, 3.8) is 0 Å². The summed E-state index contributed by atoms with van der Waals surface area (Å²) in [6, 6.07) is 0.615. The van der Waals surface area contributed by atoms with Gasteiger partial charge in [0.25, 0.3) is 0 Å². The Labute approximate surface area is 119 Å². The Morgan fingerprint density at radius 1 is 1.60 bits per heavy atom. The molecule has 1 atom stereocenters. The number of imidazole rings is 1. The van der Waals surface area contributed by atoms with Crippen molar-refractivity contribution in [1.82, 2.24) is 20.2 Å². The SMILES string of the molecule is CCOC(=O)N1CCC(NC(C)c2ncc(C)[nH]2)CC1. The molecule has 1 aromatic rings. The van der Waals surface area contributed by atoms with Gasteiger partial charge in [-0.2, -0.15) is 0 Å². The smallest absolute Gasteiger partial charge is 0.409 e. The van der Waals surface area contributed by atoms with Crippen molar-refractivity contribution in [2.75, 3.05) is 19.7 Å². The van der Waals surface area contributed by atoms with Crippen LogP contribution < -0.4 is 5.32 Å². The topological polar surface area (TPSA) is 70.2 Å². The standard InChI is InChI=1S/C14H24N4O2/c1-4-20-14(19)18-7-5-12(6-8-18)17-11(3)13-15-9-10(2)16-13/h9,11-12,17H,4-8H2,1-3H3,(H,15,16). The fourth-order valence-corrected chi connectivity index (χ4v) is 2.53.